The van der Waals surface area contributed by atoms with Crippen molar-refractivity contribution >= 4 is 5.78 Å². The molecule has 0 saturated heterocycles. The fourth-order valence-electron chi connectivity index (χ4n) is 3.15. The molecule has 0 unspecified atom stereocenters. The maximum absolute atomic E-state index is 12.7. The second-order valence-electron chi connectivity index (χ2n) is 5.49. The molecule has 0 bridgehead atoms. The molecular weight excluding hydrogens is 208 g/mol. The molecular formula is C16H22O. The van der Waals surface area contributed by atoms with Crippen molar-refractivity contribution in [3.05, 3.63) is 34.9 Å². The lowest BCUT2D eigenvalue weighted by Crippen LogP contribution is -2.28. The normalized spacial score (nSPS) is 18.3. The molecule has 0 heterocycles. The van der Waals surface area contributed by atoms with Crippen LogP contribution < -0.4 is 0 Å². The number of Topliss-reactive ketones (excluding diaryl/α,β-unsaturated/α-hetero) is 1. The molecule has 92 valence electrons. The van der Waals surface area contributed by atoms with Crippen molar-refractivity contribution in [1.29, 1.82) is 0 Å². The fourth-order valence-corrected chi connectivity index (χ4v) is 3.15. The van der Waals surface area contributed by atoms with Crippen LogP contribution in [-0.2, 0) is 0 Å². The van der Waals surface area contributed by atoms with Gasteiger partial charge in [0.05, 0.1) is 0 Å². The van der Waals surface area contributed by atoms with Crippen LogP contribution in [0, 0.1) is 19.3 Å². The third kappa shape index (κ3) is 2.15. The summed E-state index contributed by atoms with van der Waals surface area (Å²) in [6, 6.07) is 6.19. The summed E-state index contributed by atoms with van der Waals surface area (Å²) in [6.45, 7) is 6.29. The summed E-state index contributed by atoms with van der Waals surface area (Å²) in [5.74, 6) is 0.384. The Hall–Kier alpha value is -1.11. The van der Waals surface area contributed by atoms with Gasteiger partial charge in [-0.3, -0.25) is 4.79 Å². The highest BCUT2D eigenvalue weighted by molar-refractivity contribution is 6.01. The highest BCUT2D eigenvalue weighted by Gasteiger charge is 2.39. The lowest BCUT2D eigenvalue weighted by atomic mass is 9.75. The van der Waals surface area contributed by atoms with Crippen molar-refractivity contribution < 1.29 is 4.79 Å². The van der Waals surface area contributed by atoms with Gasteiger partial charge in [0.2, 0.25) is 0 Å². The smallest absolute Gasteiger partial charge is 0.169 e. The van der Waals surface area contributed by atoms with E-state index in [-0.39, 0.29) is 5.41 Å². The molecule has 1 nitrogen and oxygen atoms in total. The SMILES string of the molecule is CCC1(C(=O)c2ccc(C)cc2C)CCCC1. The van der Waals surface area contributed by atoms with E-state index in [2.05, 4.69) is 32.9 Å². The van der Waals surface area contributed by atoms with E-state index in [4.69, 9.17) is 0 Å². The van der Waals surface area contributed by atoms with Crippen molar-refractivity contribution in [3.63, 3.8) is 0 Å². The first-order chi connectivity index (χ1) is 8.09. The minimum Gasteiger partial charge on any atom is -0.294 e. The third-order valence-electron chi connectivity index (χ3n) is 4.35. The summed E-state index contributed by atoms with van der Waals surface area (Å²) in [5, 5.41) is 0. The van der Waals surface area contributed by atoms with Crippen LogP contribution in [0.2, 0.25) is 0 Å². The van der Waals surface area contributed by atoms with E-state index < -0.39 is 0 Å². The van der Waals surface area contributed by atoms with E-state index in [9.17, 15) is 4.79 Å². The van der Waals surface area contributed by atoms with Crippen molar-refractivity contribution in [2.24, 2.45) is 5.41 Å². The molecule has 1 aromatic rings. The highest BCUT2D eigenvalue weighted by Crippen LogP contribution is 2.43. The molecule has 2 rings (SSSR count). The van der Waals surface area contributed by atoms with Gasteiger partial charge in [0.15, 0.2) is 5.78 Å². The van der Waals surface area contributed by atoms with Gasteiger partial charge in [0, 0.05) is 11.0 Å². The van der Waals surface area contributed by atoms with Crippen LogP contribution in [-0.4, -0.2) is 5.78 Å². The molecule has 1 fully saturated rings. The van der Waals surface area contributed by atoms with Crippen LogP contribution >= 0.6 is 0 Å². The molecule has 17 heavy (non-hydrogen) atoms. The van der Waals surface area contributed by atoms with Crippen LogP contribution in [0.25, 0.3) is 0 Å². The number of carbonyl (C=O) groups is 1. The molecule has 0 aliphatic heterocycles. The summed E-state index contributed by atoms with van der Waals surface area (Å²) in [4.78, 5) is 12.7. The summed E-state index contributed by atoms with van der Waals surface area (Å²) in [5.41, 5.74) is 3.25. The van der Waals surface area contributed by atoms with E-state index in [0.717, 1.165) is 30.4 Å². The van der Waals surface area contributed by atoms with Crippen molar-refractivity contribution in [1.82, 2.24) is 0 Å². The molecule has 0 spiro atoms. The maximum atomic E-state index is 12.7. The fraction of sp³-hybridized carbons (Fsp3) is 0.562. The molecule has 0 radical (unpaired) electrons. The Morgan fingerprint density at radius 2 is 1.88 bits per heavy atom. The lowest BCUT2D eigenvalue weighted by Gasteiger charge is -2.26. The summed E-state index contributed by atoms with van der Waals surface area (Å²) in [7, 11) is 0. The highest BCUT2D eigenvalue weighted by atomic mass is 16.1. The Labute approximate surface area is 104 Å². The standard InChI is InChI=1S/C16H22O/c1-4-16(9-5-6-10-16)15(17)14-8-7-12(2)11-13(14)3/h7-8,11H,4-6,9-10H2,1-3H3. The van der Waals surface area contributed by atoms with Gasteiger partial charge in [0.1, 0.15) is 0 Å². The number of benzene rings is 1. The van der Waals surface area contributed by atoms with Crippen LogP contribution in [0.4, 0.5) is 0 Å². The number of ketones is 1. The molecule has 1 aliphatic rings. The second kappa shape index (κ2) is 4.64. The predicted octanol–water partition coefficient (Wildman–Crippen LogP) is 4.46. The van der Waals surface area contributed by atoms with Gasteiger partial charge in [-0.1, -0.05) is 43.5 Å². The average Bonchev–Trinajstić information content (AvgIpc) is 2.78. The topological polar surface area (TPSA) is 17.1 Å². The molecule has 1 aliphatic carbocycles. The zero-order chi connectivity index (χ0) is 12.5. The Balaban J connectivity index is 2.36. The Bertz CT molecular complexity index is 425. The molecule has 0 N–H and O–H groups in total. The number of hydrogen-bond donors (Lipinski definition) is 0. The van der Waals surface area contributed by atoms with E-state index in [1.165, 1.54) is 18.4 Å². The summed E-state index contributed by atoms with van der Waals surface area (Å²) < 4.78 is 0. The van der Waals surface area contributed by atoms with Gasteiger partial charge in [-0.05, 0) is 38.7 Å². The van der Waals surface area contributed by atoms with E-state index in [1.54, 1.807) is 0 Å². The predicted molar refractivity (Wildman–Crippen MR) is 71.4 cm³/mol. The number of hydrogen-bond acceptors (Lipinski definition) is 1. The second-order valence-corrected chi connectivity index (χ2v) is 5.49. The van der Waals surface area contributed by atoms with Crippen molar-refractivity contribution in [2.75, 3.05) is 0 Å². The first kappa shape index (κ1) is 12.3. The van der Waals surface area contributed by atoms with Crippen molar-refractivity contribution in [3.8, 4) is 0 Å². The van der Waals surface area contributed by atoms with Gasteiger partial charge in [-0.15, -0.1) is 0 Å². The molecule has 0 amide bonds. The van der Waals surface area contributed by atoms with Crippen LogP contribution in [0.5, 0.6) is 0 Å². The van der Waals surface area contributed by atoms with Crippen LogP contribution in [0.15, 0.2) is 18.2 Å². The van der Waals surface area contributed by atoms with E-state index in [0.29, 0.717) is 5.78 Å². The van der Waals surface area contributed by atoms with Gasteiger partial charge in [-0.2, -0.15) is 0 Å². The van der Waals surface area contributed by atoms with Gasteiger partial charge >= 0.3 is 0 Å². The Kier molecular flexibility index (Phi) is 3.37. The molecule has 1 heteroatoms. The van der Waals surface area contributed by atoms with Crippen LogP contribution in [0.1, 0.15) is 60.5 Å². The summed E-state index contributed by atoms with van der Waals surface area (Å²) in [6.07, 6.45) is 5.57. The largest absolute Gasteiger partial charge is 0.294 e. The zero-order valence-corrected chi connectivity index (χ0v) is 11.2. The maximum Gasteiger partial charge on any atom is 0.169 e. The minimum absolute atomic E-state index is 0.0555. The lowest BCUT2D eigenvalue weighted by molar-refractivity contribution is 0.0790. The number of carbonyl (C=O) groups excluding carboxylic acids is 1. The molecule has 1 aromatic carbocycles. The number of aryl methyl sites for hydroxylation is 2. The molecule has 0 atom stereocenters. The molecule has 1 saturated carbocycles. The Morgan fingerprint density at radius 1 is 1.24 bits per heavy atom. The molecule has 0 aromatic heterocycles. The van der Waals surface area contributed by atoms with Crippen molar-refractivity contribution in [2.45, 2.75) is 52.9 Å². The number of rotatable bonds is 3. The zero-order valence-electron chi connectivity index (χ0n) is 11.2. The first-order valence-corrected chi connectivity index (χ1v) is 6.71. The minimum atomic E-state index is -0.0555. The van der Waals surface area contributed by atoms with Crippen LogP contribution in [0.3, 0.4) is 0 Å². The van der Waals surface area contributed by atoms with Gasteiger partial charge in [-0.25, -0.2) is 0 Å². The third-order valence-corrected chi connectivity index (χ3v) is 4.35. The first-order valence-electron chi connectivity index (χ1n) is 6.71. The Morgan fingerprint density at radius 3 is 2.41 bits per heavy atom. The monoisotopic (exact) mass is 230 g/mol. The van der Waals surface area contributed by atoms with Gasteiger partial charge < -0.3 is 0 Å². The summed E-state index contributed by atoms with van der Waals surface area (Å²) >= 11 is 0. The van der Waals surface area contributed by atoms with E-state index >= 15 is 0 Å². The quantitative estimate of drug-likeness (QED) is 0.701. The van der Waals surface area contributed by atoms with Gasteiger partial charge in [0.25, 0.3) is 0 Å². The average molecular weight is 230 g/mol. The van der Waals surface area contributed by atoms with E-state index in [1.807, 2.05) is 6.07 Å².